The molecule has 1 amide bonds. The highest BCUT2D eigenvalue weighted by atomic mass is 16.3. The molecule has 2 N–H and O–H groups in total. The van der Waals surface area contributed by atoms with Gasteiger partial charge in [0.15, 0.2) is 11.5 Å². The number of rotatable bonds is 6. The number of hydrogen-bond donors (Lipinski definition) is 2. The Morgan fingerprint density at radius 1 is 1.06 bits per heavy atom. The van der Waals surface area contributed by atoms with Gasteiger partial charge < -0.3 is 14.7 Å². The van der Waals surface area contributed by atoms with Crippen molar-refractivity contribution < 1.29 is 9.21 Å². The van der Waals surface area contributed by atoms with Gasteiger partial charge >= 0.3 is 0 Å². The monoisotopic (exact) mass is 409 g/mol. The van der Waals surface area contributed by atoms with Gasteiger partial charge in [-0.2, -0.15) is 0 Å². The molecule has 0 aliphatic carbocycles. The van der Waals surface area contributed by atoms with E-state index in [-0.39, 0.29) is 5.91 Å². The molecule has 0 fully saturated rings. The maximum atomic E-state index is 12.7. The van der Waals surface area contributed by atoms with Gasteiger partial charge in [0.2, 0.25) is 0 Å². The van der Waals surface area contributed by atoms with Crippen molar-refractivity contribution in [3.8, 4) is 0 Å². The quantitative estimate of drug-likeness (QED) is 0.406. The number of aryl methyl sites for hydroxylation is 1. The van der Waals surface area contributed by atoms with E-state index in [0.717, 1.165) is 23.0 Å². The maximum absolute atomic E-state index is 12.7. The molecular formula is C26H23N3O2. The number of nitrogens with zero attached hydrogens (tertiary/aromatic N) is 1. The van der Waals surface area contributed by atoms with Crippen molar-refractivity contribution in [3.05, 3.63) is 101 Å². The maximum Gasteiger partial charge on any atom is 0.251 e. The predicted molar refractivity (Wildman–Crippen MR) is 122 cm³/mol. The molecular weight excluding hydrogens is 386 g/mol. The highest BCUT2D eigenvalue weighted by Gasteiger charge is 2.12. The van der Waals surface area contributed by atoms with E-state index in [0.29, 0.717) is 30.0 Å². The molecule has 5 heteroatoms. The lowest BCUT2D eigenvalue weighted by Gasteiger charge is -2.05. The molecule has 154 valence electrons. The van der Waals surface area contributed by atoms with Gasteiger partial charge in [-0.15, -0.1) is 0 Å². The number of benzene rings is 3. The van der Waals surface area contributed by atoms with Crippen molar-refractivity contribution in [3.63, 3.8) is 0 Å². The highest BCUT2D eigenvalue weighted by molar-refractivity contribution is 5.97. The fourth-order valence-electron chi connectivity index (χ4n) is 3.87. The van der Waals surface area contributed by atoms with Gasteiger partial charge in [-0.3, -0.25) is 4.79 Å². The average Bonchev–Trinajstić information content (AvgIpc) is 3.37. The summed E-state index contributed by atoms with van der Waals surface area (Å²) < 4.78 is 5.89. The number of H-pyrrole nitrogens is 1. The number of aromatic nitrogens is 2. The molecule has 2 heterocycles. The molecule has 0 unspecified atom stereocenters. The van der Waals surface area contributed by atoms with Crippen LogP contribution in [0.2, 0.25) is 0 Å². The summed E-state index contributed by atoms with van der Waals surface area (Å²) in [6.45, 7) is 2.65. The van der Waals surface area contributed by atoms with E-state index >= 15 is 0 Å². The van der Waals surface area contributed by atoms with Gasteiger partial charge in [0, 0.05) is 35.6 Å². The first-order valence-electron chi connectivity index (χ1n) is 10.4. The standard InChI is InChI=1S/C26H23N3O2/c1-17-7-9-22-21(13-17)20(16-28-22)11-12-27-26(30)19-8-10-23-24(15-19)31-25(29-23)14-18-5-3-2-4-6-18/h2-10,13,15-16,28H,11-12,14H2,1H3,(H,27,30). The third-order valence-electron chi connectivity index (χ3n) is 5.50. The minimum Gasteiger partial charge on any atom is -0.440 e. The van der Waals surface area contributed by atoms with Gasteiger partial charge in [0.25, 0.3) is 5.91 Å². The molecule has 0 aliphatic rings. The SMILES string of the molecule is Cc1ccc2[nH]cc(CCNC(=O)c3ccc4nc(Cc5ccccc5)oc4c3)c2c1. The summed E-state index contributed by atoms with van der Waals surface area (Å²) in [6.07, 6.45) is 3.41. The van der Waals surface area contributed by atoms with E-state index in [9.17, 15) is 4.79 Å². The van der Waals surface area contributed by atoms with Crippen molar-refractivity contribution in [2.24, 2.45) is 0 Å². The number of nitrogens with one attached hydrogen (secondary N) is 2. The first-order valence-corrected chi connectivity index (χ1v) is 10.4. The van der Waals surface area contributed by atoms with Crippen LogP contribution in [0.1, 0.15) is 32.9 Å². The molecule has 0 radical (unpaired) electrons. The summed E-state index contributed by atoms with van der Waals surface area (Å²) in [5, 5.41) is 4.22. The van der Waals surface area contributed by atoms with Gasteiger partial charge in [-0.1, -0.05) is 42.0 Å². The Morgan fingerprint density at radius 2 is 1.94 bits per heavy atom. The smallest absolute Gasteiger partial charge is 0.251 e. The van der Waals surface area contributed by atoms with Crippen LogP contribution in [0.25, 0.3) is 22.0 Å². The second-order valence-electron chi connectivity index (χ2n) is 7.82. The molecule has 0 spiro atoms. The molecule has 0 saturated carbocycles. The lowest BCUT2D eigenvalue weighted by Crippen LogP contribution is -2.25. The first-order chi connectivity index (χ1) is 15.2. The fourth-order valence-corrected chi connectivity index (χ4v) is 3.87. The molecule has 5 nitrogen and oxygen atoms in total. The van der Waals surface area contributed by atoms with Crippen LogP contribution in [-0.2, 0) is 12.8 Å². The molecule has 0 atom stereocenters. The first kappa shape index (κ1) is 19.1. The van der Waals surface area contributed by atoms with E-state index in [4.69, 9.17) is 4.42 Å². The van der Waals surface area contributed by atoms with Crippen molar-refractivity contribution in [1.29, 1.82) is 0 Å². The van der Waals surface area contributed by atoms with Crippen molar-refractivity contribution in [1.82, 2.24) is 15.3 Å². The highest BCUT2D eigenvalue weighted by Crippen LogP contribution is 2.21. The molecule has 5 rings (SSSR count). The summed E-state index contributed by atoms with van der Waals surface area (Å²) >= 11 is 0. The number of hydrogen-bond acceptors (Lipinski definition) is 3. The van der Waals surface area contributed by atoms with Crippen LogP contribution in [0.5, 0.6) is 0 Å². The van der Waals surface area contributed by atoms with Gasteiger partial charge in [-0.05, 0) is 54.8 Å². The largest absolute Gasteiger partial charge is 0.440 e. The molecule has 5 aromatic rings. The van der Waals surface area contributed by atoms with E-state index < -0.39 is 0 Å². The third kappa shape index (κ3) is 4.08. The summed E-state index contributed by atoms with van der Waals surface area (Å²) in [5.74, 6) is 0.535. The Morgan fingerprint density at radius 3 is 2.81 bits per heavy atom. The number of aromatic amines is 1. The Labute approximate surface area is 180 Å². The Hall–Kier alpha value is -3.86. The van der Waals surface area contributed by atoms with E-state index in [2.05, 4.69) is 40.4 Å². The van der Waals surface area contributed by atoms with E-state index in [1.165, 1.54) is 16.5 Å². The Bertz CT molecular complexity index is 1370. The Kier molecular flexibility index (Phi) is 5.00. The second-order valence-corrected chi connectivity index (χ2v) is 7.82. The molecule has 0 aliphatic heterocycles. The van der Waals surface area contributed by atoms with Crippen LogP contribution in [0.15, 0.2) is 77.3 Å². The third-order valence-corrected chi connectivity index (χ3v) is 5.50. The van der Waals surface area contributed by atoms with Crippen molar-refractivity contribution >= 4 is 27.9 Å². The minimum absolute atomic E-state index is 0.112. The zero-order valence-electron chi connectivity index (χ0n) is 17.3. The van der Waals surface area contributed by atoms with E-state index in [1.54, 1.807) is 12.1 Å². The number of fused-ring (bicyclic) bond motifs is 2. The number of oxazole rings is 1. The number of carbonyl (C=O) groups excluding carboxylic acids is 1. The molecule has 3 aromatic carbocycles. The van der Waals surface area contributed by atoms with Crippen LogP contribution >= 0.6 is 0 Å². The molecule has 31 heavy (non-hydrogen) atoms. The van der Waals surface area contributed by atoms with Crippen LogP contribution in [0.4, 0.5) is 0 Å². The number of amides is 1. The summed E-state index contributed by atoms with van der Waals surface area (Å²) in [5.41, 5.74) is 6.65. The lowest BCUT2D eigenvalue weighted by atomic mass is 10.1. The van der Waals surface area contributed by atoms with Crippen LogP contribution in [0.3, 0.4) is 0 Å². The predicted octanol–water partition coefficient (Wildman–Crippen LogP) is 5.18. The van der Waals surface area contributed by atoms with Crippen LogP contribution < -0.4 is 5.32 Å². The van der Waals surface area contributed by atoms with Crippen LogP contribution in [0, 0.1) is 6.92 Å². The normalized spacial score (nSPS) is 11.3. The fraction of sp³-hybridized carbons (Fsp3) is 0.154. The molecule has 2 aromatic heterocycles. The molecule has 0 bridgehead atoms. The van der Waals surface area contributed by atoms with Crippen LogP contribution in [-0.4, -0.2) is 22.4 Å². The lowest BCUT2D eigenvalue weighted by molar-refractivity contribution is 0.0954. The summed E-state index contributed by atoms with van der Waals surface area (Å²) in [4.78, 5) is 20.5. The topological polar surface area (TPSA) is 70.9 Å². The zero-order valence-corrected chi connectivity index (χ0v) is 17.3. The molecule has 0 saturated heterocycles. The second kappa shape index (κ2) is 8.11. The summed E-state index contributed by atoms with van der Waals surface area (Å²) in [6, 6.07) is 21.8. The van der Waals surface area contributed by atoms with Gasteiger partial charge in [0.1, 0.15) is 5.52 Å². The van der Waals surface area contributed by atoms with Crippen molar-refractivity contribution in [2.75, 3.05) is 6.54 Å². The summed E-state index contributed by atoms with van der Waals surface area (Å²) in [7, 11) is 0. The van der Waals surface area contributed by atoms with Crippen molar-refractivity contribution in [2.45, 2.75) is 19.8 Å². The number of carbonyl (C=O) groups is 1. The Balaban J connectivity index is 1.25. The minimum atomic E-state index is -0.112. The zero-order chi connectivity index (χ0) is 21.2. The average molecular weight is 409 g/mol. The van der Waals surface area contributed by atoms with E-state index in [1.807, 2.05) is 42.6 Å². The van der Waals surface area contributed by atoms with Gasteiger partial charge in [-0.25, -0.2) is 4.98 Å². The van der Waals surface area contributed by atoms with Gasteiger partial charge in [0.05, 0.1) is 0 Å².